The fourth-order valence-electron chi connectivity index (χ4n) is 15.0. The van der Waals surface area contributed by atoms with Crippen molar-refractivity contribution in [3.05, 3.63) is 218 Å². The van der Waals surface area contributed by atoms with Crippen LogP contribution in [0.4, 0.5) is 34.8 Å². The number of carboxylic acid groups (broad SMARTS) is 1. The minimum absolute atomic E-state index is 0.103. The first-order valence-electron chi connectivity index (χ1n) is 42.1. The van der Waals surface area contributed by atoms with E-state index in [2.05, 4.69) is 80.9 Å². The summed E-state index contributed by atoms with van der Waals surface area (Å²) in [5.74, 6) is 2.61. The number of halogens is 3. The molecule has 44 nitrogen and oxygen atoms in total. The largest absolute Gasteiger partial charge is 0.508 e. The van der Waals surface area contributed by atoms with Gasteiger partial charge in [-0.15, -0.1) is 20.4 Å². The Bertz CT molecular complexity index is 7070. The number of hydrogen-bond acceptors (Lipinski definition) is 38. The van der Waals surface area contributed by atoms with Gasteiger partial charge in [-0.1, -0.05) is 99.2 Å². The number of carbonyl (C=O) groups excluding carboxylic acids is 2. The molecule has 0 amide bonds. The van der Waals surface area contributed by atoms with E-state index in [9.17, 15) is 44.9 Å². The fourth-order valence-corrected chi connectivity index (χ4v) is 15.6. The third kappa shape index (κ3) is 20.7. The first kappa shape index (κ1) is 91.3. The molecule has 0 saturated carbocycles. The van der Waals surface area contributed by atoms with Gasteiger partial charge in [-0.25, -0.2) is 44.3 Å². The number of ether oxygens (including phenoxy) is 7. The van der Waals surface area contributed by atoms with Crippen molar-refractivity contribution in [2.24, 2.45) is 0 Å². The first-order valence-corrected chi connectivity index (χ1v) is 43.2. The van der Waals surface area contributed by atoms with E-state index in [1.54, 1.807) is 123 Å². The Labute approximate surface area is 779 Å². The molecule has 5 saturated heterocycles. The number of nitro groups is 1. The molecule has 690 valence electrons. The number of methoxy groups -OCH3 is 2. The van der Waals surface area contributed by atoms with Gasteiger partial charge >= 0.3 is 23.6 Å². The number of anilines is 5. The lowest BCUT2D eigenvalue weighted by molar-refractivity contribution is -0.384. The van der Waals surface area contributed by atoms with Crippen molar-refractivity contribution in [3.63, 3.8) is 0 Å². The maximum atomic E-state index is 12.0. The van der Waals surface area contributed by atoms with E-state index >= 15 is 0 Å². The molecular formula is C88H81Cl3N28O16. The highest BCUT2D eigenvalue weighted by Gasteiger charge is 2.32. The number of carbonyl (C=O) groups is 3. The quantitative estimate of drug-likeness (QED) is 0.0230. The monoisotopic (exact) mass is 1890 g/mol. The average Bonchev–Trinajstić information content (AvgIpc) is 1.65. The number of aromatic hydroxyl groups is 3. The van der Waals surface area contributed by atoms with Crippen molar-refractivity contribution in [3.8, 4) is 74.2 Å². The minimum Gasteiger partial charge on any atom is -0.508 e. The van der Waals surface area contributed by atoms with Gasteiger partial charge < -0.3 is 78.1 Å². The molecule has 16 aromatic rings. The number of aromatic carboxylic acids is 1. The zero-order valence-corrected chi connectivity index (χ0v) is 74.4. The molecule has 5 aliphatic heterocycles. The second-order valence-electron chi connectivity index (χ2n) is 30.3. The van der Waals surface area contributed by atoms with Crippen LogP contribution in [0.25, 0.3) is 102 Å². The van der Waals surface area contributed by atoms with Crippen LogP contribution >= 0.6 is 34.8 Å². The summed E-state index contributed by atoms with van der Waals surface area (Å²) in [4.78, 5) is 100. The number of fused-ring (bicyclic) bond motifs is 4. The van der Waals surface area contributed by atoms with Gasteiger partial charge in [0, 0.05) is 82.1 Å². The number of esters is 2. The smallest absolute Gasteiger partial charge is 0.348 e. The number of phenols is 3. The maximum Gasteiger partial charge on any atom is 0.348 e. The topological polar surface area (TPSA) is 508 Å². The van der Waals surface area contributed by atoms with E-state index in [0.717, 1.165) is 35.7 Å². The number of morpholine rings is 5. The van der Waals surface area contributed by atoms with Crippen molar-refractivity contribution in [2.45, 2.75) is 6.92 Å². The molecule has 135 heavy (non-hydrogen) atoms. The summed E-state index contributed by atoms with van der Waals surface area (Å²) in [5, 5.41) is 84.2. The Morgan fingerprint density at radius 2 is 0.652 bits per heavy atom. The second-order valence-corrected chi connectivity index (χ2v) is 31.3. The fraction of sp³-hybridized carbons (Fsp3) is 0.261. The highest BCUT2D eigenvalue weighted by Crippen LogP contribution is 2.38. The van der Waals surface area contributed by atoms with Gasteiger partial charge in [0.15, 0.2) is 85.4 Å². The van der Waals surface area contributed by atoms with Crippen LogP contribution in [-0.2, 0) is 33.2 Å². The number of aromatic nitrogens is 22. The lowest BCUT2D eigenvalue weighted by Crippen LogP contribution is -2.37. The normalized spacial score (nSPS) is 14.5. The van der Waals surface area contributed by atoms with Gasteiger partial charge in [-0.3, -0.25) is 10.1 Å². The molecule has 14 heterocycles. The molecule has 4 N–H and O–H groups in total. The van der Waals surface area contributed by atoms with E-state index in [0.29, 0.717) is 237 Å². The van der Waals surface area contributed by atoms with Crippen molar-refractivity contribution in [1.29, 1.82) is 0 Å². The predicted octanol–water partition coefficient (Wildman–Crippen LogP) is 10.1. The van der Waals surface area contributed by atoms with Gasteiger partial charge in [0.25, 0.3) is 0 Å². The third-order valence-corrected chi connectivity index (χ3v) is 22.2. The maximum absolute atomic E-state index is 12.0. The Kier molecular flexibility index (Phi) is 28.1. The average molecular weight is 1890 g/mol. The van der Waals surface area contributed by atoms with Crippen LogP contribution in [0.15, 0.2) is 170 Å². The lowest BCUT2D eigenvalue weighted by Gasteiger charge is -2.27. The van der Waals surface area contributed by atoms with E-state index in [-0.39, 0.29) is 50.0 Å². The van der Waals surface area contributed by atoms with E-state index in [4.69, 9.17) is 92.9 Å². The minimum atomic E-state index is -1.03. The Balaban J connectivity index is 0.000000119. The number of hydrogen-bond donors (Lipinski definition) is 4. The molecule has 5 fully saturated rings. The molecule has 9 aromatic heterocycles. The van der Waals surface area contributed by atoms with Crippen LogP contribution in [-0.4, -0.2) is 299 Å². The molecule has 0 spiro atoms. The van der Waals surface area contributed by atoms with Crippen LogP contribution in [0.2, 0.25) is 15.7 Å². The number of aryl methyl sites for hydroxylation is 1. The summed E-state index contributed by atoms with van der Waals surface area (Å²) >= 11 is 17.5. The van der Waals surface area contributed by atoms with Crippen molar-refractivity contribution in [1.82, 2.24) is 110 Å². The molecule has 7 aromatic carbocycles. The van der Waals surface area contributed by atoms with Crippen LogP contribution in [0, 0.1) is 17.0 Å². The third-order valence-electron chi connectivity index (χ3n) is 21.6. The summed E-state index contributed by atoms with van der Waals surface area (Å²) in [5.41, 5.74) is 10.7. The molecule has 47 heteroatoms. The summed E-state index contributed by atoms with van der Waals surface area (Å²) in [7, 11) is 2.67. The van der Waals surface area contributed by atoms with Gasteiger partial charge in [0.1, 0.15) is 17.2 Å². The molecule has 0 radical (unpaired) electrons. The summed E-state index contributed by atoms with van der Waals surface area (Å²) < 4.78 is 42.9. The summed E-state index contributed by atoms with van der Waals surface area (Å²) in [6.07, 6.45) is 0. The van der Waals surface area contributed by atoms with Gasteiger partial charge in [-0.2, -0.15) is 38.7 Å². The SMILES string of the molecule is COC(=O)c1cccc(-n2nnc3c(N4CCOCC4)nc(-c4cccc(O)c4)nc32)c1.COC(=O)c1cccc(-n2nnc3c(N4CCOCC4)nc(Cl)nc32)c1.Cc1cccc(-n2nnc3c(N4CCOCC4)nc(-c4cccc(O)c4)nc32)c1.O=C(O)c1cccc(-n2nnc3c(N4CCOCC4)nc(-c4cccc(O)c4)nc32)c1.O=[N+]([O-])c1c(Cl)nc(Cl)nc1N1CCOCC1. The highest BCUT2D eigenvalue weighted by atomic mass is 35.5. The predicted molar refractivity (Wildman–Crippen MR) is 492 cm³/mol. The number of carboxylic acids is 1. The van der Waals surface area contributed by atoms with Gasteiger partial charge in [0.2, 0.25) is 21.5 Å². The van der Waals surface area contributed by atoms with E-state index in [1.165, 1.54) is 35.7 Å². The Morgan fingerprint density at radius 1 is 0.363 bits per heavy atom. The lowest BCUT2D eigenvalue weighted by atomic mass is 10.2. The highest BCUT2D eigenvalue weighted by molar-refractivity contribution is 6.34. The van der Waals surface area contributed by atoms with Crippen LogP contribution in [0.1, 0.15) is 36.6 Å². The molecule has 5 aliphatic rings. The first-order chi connectivity index (χ1) is 65.7. The van der Waals surface area contributed by atoms with E-state index in [1.807, 2.05) is 60.4 Å². The van der Waals surface area contributed by atoms with Crippen LogP contribution in [0.3, 0.4) is 0 Å². The number of phenolic OH excluding ortho intramolecular Hbond substituents is 3. The van der Waals surface area contributed by atoms with Crippen LogP contribution in [0.5, 0.6) is 17.2 Å². The van der Waals surface area contributed by atoms with Gasteiger partial charge in [-0.05, 0) is 139 Å². The van der Waals surface area contributed by atoms with Crippen molar-refractivity contribution in [2.75, 3.05) is 170 Å². The van der Waals surface area contributed by atoms with E-state index < -0.39 is 22.8 Å². The molecule has 0 bridgehead atoms. The Hall–Kier alpha value is -15.6. The molecule has 21 rings (SSSR count). The Morgan fingerprint density at radius 3 is 0.978 bits per heavy atom. The number of rotatable bonds is 16. The summed E-state index contributed by atoms with van der Waals surface area (Å²) in [6.45, 7) is 14.3. The molecule has 0 atom stereocenters. The number of benzene rings is 7. The standard InChI is InChI=1S/C22H20N6O4.C21H18N6O4.C21H20N6O2.C16H15ClN6O3.C8H8Cl2N4O3/c1-31-22(30)15-5-2-6-16(12-15)28-21-18(25-26-28)20(27-8-10-32-11-9-27)23-19(24-21)14-4-3-7-17(29)13-14;28-16-6-2-3-13(12-16)18-22-19(26-7-9-31-10-8-26)17-20(23-18)27(25-24-17)15-5-1-4-14(11-15)21(29)30;1-14-4-2-6-16(12-14)27-21-18(24-25-27)20(26-8-10-29-11-9-26)22-19(23-21)15-5-3-7-17(28)13-15;1-25-15(24)10-3-2-4-11(9-10)23-14-12(20-21-23)13(18-16(17)19-14)22-5-7-26-8-6-22;9-6-5(14(15)16)7(12-8(10)11-6)13-1-3-17-4-2-13/h2-7,12-13,29H,8-11H2,1H3;1-6,11-12,28H,7-10H2,(H,29,30);2-7,12-13,28H,8-11H2,1H3;2-4,9H,5-8H2,1H3;1-4H2. The van der Waals surface area contributed by atoms with Crippen molar-refractivity contribution < 1.29 is 72.9 Å². The zero-order chi connectivity index (χ0) is 93.8. The zero-order valence-electron chi connectivity index (χ0n) is 72.2. The number of nitrogens with zero attached hydrogens (tertiary/aromatic N) is 28. The molecule has 0 unspecified atom stereocenters. The molecule has 0 aliphatic carbocycles. The van der Waals surface area contributed by atoms with Crippen molar-refractivity contribution >= 4 is 132 Å². The summed E-state index contributed by atoms with van der Waals surface area (Å²) in [6, 6.07) is 48.6. The van der Waals surface area contributed by atoms with Crippen LogP contribution < -0.4 is 24.5 Å². The molecular weight excluding hydrogens is 1810 g/mol. The second kappa shape index (κ2) is 41.5. The van der Waals surface area contributed by atoms with Gasteiger partial charge in [0.05, 0.1) is 125 Å².